The van der Waals surface area contributed by atoms with E-state index < -0.39 is 78.7 Å². The maximum Gasteiger partial charge on any atom is 0.346 e. The Hall–Kier alpha value is -2.58. The molecule has 4 N–H and O–H groups in total. The first-order chi connectivity index (χ1) is 15.9. The van der Waals surface area contributed by atoms with Gasteiger partial charge in [-0.2, -0.15) is 16.8 Å². The number of benzene rings is 2. The van der Waals surface area contributed by atoms with E-state index in [1.165, 1.54) is 6.07 Å². The van der Waals surface area contributed by atoms with E-state index in [1.54, 1.807) is 6.92 Å². The highest BCUT2D eigenvalue weighted by Crippen LogP contribution is 2.34. The van der Waals surface area contributed by atoms with E-state index >= 15 is 0 Å². The van der Waals surface area contributed by atoms with Crippen LogP contribution in [0.15, 0.2) is 40.1 Å². The fourth-order valence-corrected chi connectivity index (χ4v) is 7.72. The molecule has 0 fully saturated rings. The van der Waals surface area contributed by atoms with Crippen LogP contribution < -0.4 is 8.25 Å². The average molecular weight is 569 g/mol. The van der Waals surface area contributed by atoms with Gasteiger partial charge in [-0.25, -0.2) is 16.8 Å². The number of carbonyl (C=O) groups is 2. The van der Waals surface area contributed by atoms with Gasteiger partial charge in [0, 0.05) is 16.7 Å². The van der Waals surface area contributed by atoms with E-state index in [-0.39, 0.29) is 17.5 Å². The van der Waals surface area contributed by atoms with Crippen LogP contribution in [0, 0.1) is 0 Å². The van der Waals surface area contributed by atoms with Gasteiger partial charge in [0.1, 0.15) is 0 Å². The molecule has 0 saturated carbocycles. The number of carbonyl (C=O) groups excluding carboxylic acids is 2. The van der Waals surface area contributed by atoms with Crippen LogP contribution in [0.1, 0.15) is 50.8 Å². The lowest BCUT2D eigenvalue weighted by Gasteiger charge is -2.22. The molecule has 0 aromatic heterocycles. The van der Waals surface area contributed by atoms with Gasteiger partial charge in [-0.15, -0.1) is 0 Å². The second-order valence-corrected chi connectivity index (χ2v) is 13.4. The van der Waals surface area contributed by atoms with Crippen molar-refractivity contribution in [3.8, 4) is 0 Å². The van der Waals surface area contributed by atoms with Crippen molar-refractivity contribution in [3.05, 3.63) is 58.1 Å². The Balaban J connectivity index is 2.31. The number of rotatable bonds is 8. The Labute approximate surface area is 200 Å². The van der Waals surface area contributed by atoms with Crippen molar-refractivity contribution in [1.82, 2.24) is 8.25 Å². The number of sulfonamides is 2. The van der Waals surface area contributed by atoms with Crippen LogP contribution in [0.2, 0.25) is 0 Å². The third kappa shape index (κ3) is 5.64. The van der Waals surface area contributed by atoms with Crippen molar-refractivity contribution >= 4 is 52.2 Å². The summed E-state index contributed by atoms with van der Waals surface area (Å²) < 4.78 is 114. The van der Waals surface area contributed by atoms with Crippen molar-refractivity contribution in [2.75, 3.05) is 0 Å². The maximum absolute atomic E-state index is 13.3. The second kappa shape index (κ2) is 8.82. The molecular formula is C17H16N2O12S4. The molecule has 2 aromatic carbocycles. The number of nitrogens with one attached hydrogen (secondary N) is 2. The predicted octanol–water partition coefficient (Wildman–Crippen LogP) is -0.423. The summed E-state index contributed by atoms with van der Waals surface area (Å²) in [6.45, 7) is 1.73. The molecule has 0 heterocycles. The van der Waals surface area contributed by atoms with Gasteiger partial charge in [0.2, 0.25) is 0 Å². The van der Waals surface area contributed by atoms with Crippen LogP contribution in [-0.2, 0) is 47.1 Å². The first-order valence-corrected chi connectivity index (χ1v) is 15.1. The van der Waals surface area contributed by atoms with Crippen LogP contribution in [0.5, 0.6) is 0 Å². The smallest absolute Gasteiger partial charge is 0.289 e. The van der Waals surface area contributed by atoms with Crippen molar-refractivity contribution in [3.63, 3.8) is 0 Å². The molecule has 1 aliphatic rings. The van der Waals surface area contributed by atoms with E-state index in [0.29, 0.717) is 12.5 Å². The molecule has 3 rings (SSSR count). The zero-order valence-corrected chi connectivity index (χ0v) is 20.7. The molecule has 0 saturated heterocycles. The Bertz CT molecular complexity index is 1710. The minimum Gasteiger partial charge on any atom is -0.289 e. The van der Waals surface area contributed by atoms with Crippen molar-refractivity contribution in [1.29, 1.82) is 0 Å². The molecule has 0 amide bonds. The van der Waals surface area contributed by atoms with E-state index in [9.17, 15) is 43.3 Å². The van der Waals surface area contributed by atoms with Crippen LogP contribution in [-0.4, -0.2) is 54.3 Å². The van der Waals surface area contributed by atoms with Gasteiger partial charge in [0.15, 0.2) is 11.6 Å². The van der Waals surface area contributed by atoms with Gasteiger partial charge in [-0.3, -0.25) is 18.7 Å². The van der Waals surface area contributed by atoms with E-state index in [2.05, 4.69) is 0 Å². The second-order valence-electron chi connectivity index (χ2n) is 7.26. The topological polar surface area (TPSA) is 235 Å². The van der Waals surface area contributed by atoms with Crippen molar-refractivity contribution in [2.24, 2.45) is 0 Å². The molecule has 0 bridgehead atoms. The SMILES string of the molecule is CCCc1cc2c(c(S(=O)(=O)NS(=O)(=O)O)c1)C(=O)c1cc(S(=O)(=O)NS(=O)(=O)O)ccc1C2=O. The molecule has 35 heavy (non-hydrogen) atoms. The number of fused-ring (bicyclic) bond motifs is 2. The van der Waals surface area contributed by atoms with Crippen LogP contribution >= 0.6 is 0 Å². The van der Waals surface area contributed by atoms with Crippen LogP contribution in [0.25, 0.3) is 0 Å². The van der Waals surface area contributed by atoms with Gasteiger partial charge in [0.05, 0.1) is 15.4 Å². The fraction of sp³-hybridized carbons (Fsp3) is 0.176. The number of hydrogen-bond acceptors (Lipinski definition) is 10. The highest BCUT2D eigenvalue weighted by Gasteiger charge is 2.37. The zero-order chi connectivity index (χ0) is 26.6. The summed E-state index contributed by atoms with van der Waals surface area (Å²) >= 11 is 0. The normalized spacial score (nSPS) is 14.5. The standard InChI is InChI=1S/C17H16N2O12S4/c1-2-3-9-6-13-15(14(7-9)33(24,25)19-35(29,30)31)17(21)12-8-10(4-5-11(12)16(13)20)32(22,23)18-34(26,27)28/h4-8,18-19H,2-3H2,1H3,(H,26,27,28)(H,29,30,31). The van der Waals surface area contributed by atoms with Crippen LogP contribution in [0.3, 0.4) is 0 Å². The summed E-state index contributed by atoms with van der Waals surface area (Å²) in [4.78, 5) is 24.6. The molecule has 1 aliphatic carbocycles. The molecule has 14 nitrogen and oxygen atoms in total. The first kappa shape index (κ1) is 27.0. The summed E-state index contributed by atoms with van der Waals surface area (Å²) in [5, 5.41) is 0. The predicted molar refractivity (Wildman–Crippen MR) is 117 cm³/mol. The zero-order valence-electron chi connectivity index (χ0n) is 17.4. The van der Waals surface area contributed by atoms with Gasteiger partial charge >= 0.3 is 20.6 Å². The summed E-state index contributed by atoms with van der Waals surface area (Å²) in [5.41, 5.74) is -1.91. The lowest BCUT2D eigenvalue weighted by Crippen LogP contribution is -2.33. The van der Waals surface area contributed by atoms with Gasteiger partial charge in [-0.1, -0.05) is 21.6 Å². The minimum atomic E-state index is -5.32. The van der Waals surface area contributed by atoms with Crippen molar-refractivity contribution in [2.45, 2.75) is 29.6 Å². The van der Waals surface area contributed by atoms with E-state index in [4.69, 9.17) is 9.11 Å². The maximum atomic E-state index is 13.3. The minimum absolute atomic E-state index is 0.231. The number of ketones is 2. The lowest BCUT2D eigenvalue weighted by molar-refractivity contribution is 0.0976. The van der Waals surface area contributed by atoms with Gasteiger partial charge in [0.25, 0.3) is 20.0 Å². The highest BCUT2D eigenvalue weighted by molar-refractivity contribution is 8.02. The van der Waals surface area contributed by atoms with Crippen LogP contribution in [0.4, 0.5) is 0 Å². The largest absolute Gasteiger partial charge is 0.346 e. The number of aryl methyl sites for hydroxylation is 1. The molecule has 0 spiro atoms. The third-order valence-electron chi connectivity index (χ3n) is 4.68. The lowest BCUT2D eigenvalue weighted by atomic mass is 9.83. The fourth-order valence-electron chi connectivity index (χ4n) is 3.46. The first-order valence-electron chi connectivity index (χ1n) is 9.28. The molecule has 0 radical (unpaired) electrons. The Kier molecular flexibility index (Phi) is 6.81. The van der Waals surface area contributed by atoms with Crippen molar-refractivity contribution < 1.29 is 52.4 Å². The molecular weight excluding hydrogens is 552 g/mol. The van der Waals surface area contributed by atoms with E-state index in [0.717, 1.165) is 26.5 Å². The number of hydrogen-bond donors (Lipinski definition) is 4. The third-order valence-corrected chi connectivity index (χ3v) is 9.90. The summed E-state index contributed by atoms with van der Waals surface area (Å²) in [6.07, 6.45) is 0.708. The molecule has 0 aliphatic heterocycles. The average Bonchev–Trinajstić information content (AvgIpc) is 2.67. The quantitative estimate of drug-likeness (QED) is 0.253. The van der Waals surface area contributed by atoms with Gasteiger partial charge in [-0.05, 0) is 42.3 Å². The molecule has 2 aromatic rings. The summed E-state index contributed by atoms with van der Waals surface area (Å²) in [5.74, 6) is -2.10. The monoisotopic (exact) mass is 568 g/mol. The molecule has 190 valence electrons. The Morgan fingerprint density at radius 3 is 1.83 bits per heavy atom. The molecule has 0 unspecified atom stereocenters. The van der Waals surface area contributed by atoms with E-state index in [1.807, 2.05) is 0 Å². The Morgan fingerprint density at radius 2 is 1.29 bits per heavy atom. The summed E-state index contributed by atoms with van der Waals surface area (Å²) in [6, 6.07) is 4.45. The Morgan fingerprint density at radius 1 is 0.714 bits per heavy atom. The molecule has 0 atom stereocenters. The highest BCUT2D eigenvalue weighted by atomic mass is 32.3. The van der Waals surface area contributed by atoms with Gasteiger partial charge < -0.3 is 0 Å². The molecule has 18 heteroatoms. The summed E-state index contributed by atoms with van der Waals surface area (Å²) in [7, 11) is -20.6.